The number of hydrogen-bond acceptors (Lipinski definition) is 2. The number of amides is 2. The number of halogens is 1. The fourth-order valence-corrected chi connectivity index (χ4v) is 3.13. The molecule has 0 aliphatic carbocycles. The molecule has 1 aliphatic rings. The third-order valence-corrected chi connectivity index (χ3v) is 3.60. The Morgan fingerprint density at radius 1 is 1.24 bits per heavy atom. The Morgan fingerprint density at radius 3 is 2.35 bits per heavy atom. The van der Waals surface area contributed by atoms with E-state index in [0.29, 0.717) is 12.8 Å². The number of carbonyl (C=O) groups excluding carboxylic acids is 2. The second kappa shape index (κ2) is 4.61. The maximum atomic E-state index is 11.9. The predicted molar refractivity (Wildman–Crippen MR) is 68.7 cm³/mol. The Labute approximate surface area is 109 Å². The molecule has 2 rings (SSSR count). The zero-order valence-corrected chi connectivity index (χ0v) is 11.4. The van der Waals surface area contributed by atoms with Gasteiger partial charge in [0.25, 0.3) is 0 Å². The summed E-state index contributed by atoms with van der Waals surface area (Å²) in [7, 11) is 0. The standard InChI is InChI=1S/C13H14BrNO2/c1-7-5-9(14)6-8(2)12(7)10-3-4-11(16)15-13(10)17/h5-6,10H,3-4H2,1-2H3,(H,15,16,17). The molecule has 0 radical (unpaired) electrons. The van der Waals surface area contributed by atoms with Gasteiger partial charge in [0.15, 0.2) is 0 Å². The van der Waals surface area contributed by atoms with Crippen LogP contribution in [0.3, 0.4) is 0 Å². The fraction of sp³-hybridized carbons (Fsp3) is 0.385. The molecule has 1 aromatic rings. The first-order valence-corrected chi connectivity index (χ1v) is 6.38. The van der Waals surface area contributed by atoms with Crippen LogP contribution in [0, 0.1) is 13.8 Å². The molecule has 3 nitrogen and oxygen atoms in total. The van der Waals surface area contributed by atoms with E-state index in [-0.39, 0.29) is 17.7 Å². The van der Waals surface area contributed by atoms with Crippen LogP contribution in [0.15, 0.2) is 16.6 Å². The summed E-state index contributed by atoms with van der Waals surface area (Å²) >= 11 is 3.44. The van der Waals surface area contributed by atoms with E-state index in [1.54, 1.807) is 0 Å². The molecule has 1 heterocycles. The largest absolute Gasteiger partial charge is 0.296 e. The van der Waals surface area contributed by atoms with Gasteiger partial charge in [-0.2, -0.15) is 0 Å². The summed E-state index contributed by atoms with van der Waals surface area (Å²) < 4.78 is 1.02. The molecule has 1 fully saturated rings. The molecule has 1 unspecified atom stereocenters. The lowest BCUT2D eigenvalue weighted by atomic mass is 9.85. The Morgan fingerprint density at radius 2 is 1.82 bits per heavy atom. The van der Waals surface area contributed by atoms with E-state index in [1.165, 1.54) is 0 Å². The summed E-state index contributed by atoms with van der Waals surface area (Å²) in [6.45, 7) is 3.99. The molecule has 1 N–H and O–H groups in total. The molecular formula is C13H14BrNO2. The van der Waals surface area contributed by atoms with Crippen LogP contribution in [0.4, 0.5) is 0 Å². The number of benzene rings is 1. The average molecular weight is 296 g/mol. The van der Waals surface area contributed by atoms with Crippen molar-refractivity contribution >= 4 is 27.7 Å². The summed E-state index contributed by atoms with van der Waals surface area (Å²) in [4.78, 5) is 23.0. The minimum Gasteiger partial charge on any atom is -0.296 e. The zero-order chi connectivity index (χ0) is 12.6. The van der Waals surface area contributed by atoms with Gasteiger partial charge < -0.3 is 0 Å². The normalized spacial score (nSPS) is 20.3. The highest BCUT2D eigenvalue weighted by molar-refractivity contribution is 9.10. The van der Waals surface area contributed by atoms with Crippen LogP contribution >= 0.6 is 15.9 Å². The highest BCUT2D eigenvalue weighted by Gasteiger charge is 2.29. The molecule has 0 spiro atoms. The molecule has 2 amide bonds. The number of imide groups is 1. The molecule has 1 atom stereocenters. The van der Waals surface area contributed by atoms with Gasteiger partial charge in [0.05, 0.1) is 5.92 Å². The van der Waals surface area contributed by atoms with Crippen LogP contribution in [-0.2, 0) is 9.59 Å². The third-order valence-electron chi connectivity index (χ3n) is 3.15. The van der Waals surface area contributed by atoms with Gasteiger partial charge in [-0.25, -0.2) is 0 Å². The highest BCUT2D eigenvalue weighted by atomic mass is 79.9. The number of hydrogen-bond donors (Lipinski definition) is 1. The highest BCUT2D eigenvalue weighted by Crippen LogP contribution is 2.32. The Kier molecular flexibility index (Phi) is 3.33. The molecule has 1 saturated heterocycles. The topological polar surface area (TPSA) is 46.2 Å². The van der Waals surface area contributed by atoms with E-state index in [9.17, 15) is 9.59 Å². The summed E-state index contributed by atoms with van der Waals surface area (Å²) in [5.41, 5.74) is 3.23. The van der Waals surface area contributed by atoms with Gasteiger partial charge in [-0.05, 0) is 49.1 Å². The number of carbonyl (C=O) groups is 2. The van der Waals surface area contributed by atoms with Crippen LogP contribution in [0.5, 0.6) is 0 Å². The van der Waals surface area contributed by atoms with E-state index < -0.39 is 0 Å². The molecule has 1 aliphatic heterocycles. The van der Waals surface area contributed by atoms with Gasteiger partial charge >= 0.3 is 0 Å². The van der Waals surface area contributed by atoms with Gasteiger partial charge in [-0.3, -0.25) is 14.9 Å². The molecule has 17 heavy (non-hydrogen) atoms. The van der Waals surface area contributed by atoms with Crippen molar-refractivity contribution < 1.29 is 9.59 Å². The SMILES string of the molecule is Cc1cc(Br)cc(C)c1C1CCC(=O)NC1=O. The van der Waals surface area contributed by atoms with Gasteiger partial charge in [0.2, 0.25) is 11.8 Å². The van der Waals surface area contributed by atoms with E-state index >= 15 is 0 Å². The van der Waals surface area contributed by atoms with Crippen molar-refractivity contribution in [3.05, 3.63) is 33.3 Å². The second-order valence-electron chi connectivity index (χ2n) is 4.46. The van der Waals surface area contributed by atoms with Crippen LogP contribution in [0.1, 0.15) is 35.4 Å². The Balaban J connectivity index is 2.40. The van der Waals surface area contributed by atoms with Gasteiger partial charge in [-0.1, -0.05) is 15.9 Å². The molecule has 0 aromatic heterocycles. The van der Waals surface area contributed by atoms with Gasteiger partial charge in [-0.15, -0.1) is 0 Å². The zero-order valence-electron chi connectivity index (χ0n) is 9.84. The maximum absolute atomic E-state index is 11.9. The molecule has 90 valence electrons. The Bertz CT molecular complexity index is 473. The monoisotopic (exact) mass is 295 g/mol. The molecule has 0 bridgehead atoms. The molecule has 1 aromatic carbocycles. The molecule has 0 saturated carbocycles. The van der Waals surface area contributed by atoms with Crippen molar-refractivity contribution in [3.63, 3.8) is 0 Å². The van der Waals surface area contributed by atoms with Crippen molar-refractivity contribution in [2.24, 2.45) is 0 Å². The fourth-order valence-electron chi connectivity index (χ4n) is 2.44. The van der Waals surface area contributed by atoms with Crippen molar-refractivity contribution in [1.29, 1.82) is 0 Å². The van der Waals surface area contributed by atoms with E-state index in [0.717, 1.165) is 21.2 Å². The lowest BCUT2D eigenvalue weighted by Gasteiger charge is -2.24. The van der Waals surface area contributed by atoms with E-state index in [4.69, 9.17) is 0 Å². The molecule has 4 heteroatoms. The van der Waals surface area contributed by atoms with Crippen LogP contribution < -0.4 is 5.32 Å². The number of rotatable bonds is 1. The summed E-state index contributed by atoms with van der Waals surface area (Å²) in [6.07, 6.45) is 1.03. The lowest BCUT2D eigenvalue weighted by Crippen LogP contribution is -2.39. The third kappa shape index (κ3) is 2.41. The first-order valence-electron chi connectivity index (χ1n) is 5.59. The Hall–Kier alpha value is -1.16. The predicted octanol–water partition coefficient (Wildman–Crippen LogP) is 2.59. The van der Waals surface area contributed by atoms with Crippen molar-refractivity contribution in [1.82, 2.24) is 5.32 Å². The maximum Gasteiger partial charge on any atom is 0.234 e. The molecular weight excluding hydrogens is 282 g/mol. The van der Waals surface area contributed by atoms with Crippen LogP contribution in [0.25, 0.3) is 0 Å². The van der Waals surface area contributed by atoms with Crippen molar-refractivity contribution in [3.8, 4) is 0 Å². The first kappa shape index (κ1) is 12.3. The number of nitrogens with one attached hydrogen (secondary N) is 1. The second-order valence-corrected chi connectivity index (χ2v) is 5.37. The number of piperidine rings is 1. The van der Waals surface area contributed by atoms with Crippen molar-refractivity contribution in [2.75, 3.05) is 0 Å². The van der Waals surface area contributed by atoms with Crippen molar-refractivity contribution in [2.45, 2.75) is 32.6 Å². The van der Waals surface area contributed by atoms with E-state index in [2.05, 4.69) is 21.2 Å². The van der Waals surface area contributed by atoms with Gasteiger partial charge in [0, 0.05) is 10.9 Å². The summed E-state index contributed by atoms with van der Waals surface area (Å²) in [5, 5.41) is 2.41. The summed E-state index contributed by atoms with van der Waals surface area (Å²) in [6, 6.07) is 4.01. The minimum atomic E-state index is -0.194. The van der Waals surface area contributed by atoms with E-state index in [1.807, 2.05) is 26.0 Å². The smallest absolute Gasteiger partial charge is 0.234 e. The lowest BCUT2D eigenvalue weighted by molar-refractivity contribution is -0.134. The summed E-state index contributed by atoms with van der Waals surface area (Å²) in [5.74, 6) is -0.533. The van der Waals surface area contributed by atoms with Gasteiger partial charge in [0.1, 0.15) is 0 Å². The quantitative estimate of drug-likeness (QED) is 0.810. The number of aryl methyl sites for hydroxylation is 2. The average Bonchev–Trinajstić information content (AvgIpc) is 2.19. The van der Waals surface area contributed by atoms with Crippen LogP contribution in [-0.4, -0.2) is 11.8 Å². The van der Waals surface area contributed by atoms with Crippen LogP contribution in [0.2, 0.25) is 0 Å². The minimum absolute atomic E-state index is 0.168. The first-order chi connectivity index (χ1) is 7.99.